The van der Waals surface area contributed by atoms with Gasteiger partial charge in [-0.25, -0.2) is 0 Å². The molecule has 0 saturated heterocycles. The first-order valence-electron chi connectivity index (χ1n) is 2.63. The molecule has 0 amide bonds. The van der Waals surface area contributed by atoms with E-state index in [0.29, 0.717) is 12.3 Å². The Bertz CT molecular complexity index is 126. The third-order valence-electron chi connectivity index (χ3n) is 1.15. The molecule has 1 rings (SSSR count). The van der Waals surface area contributed by atoms with E-state index >= 15 is 0 Å². The van der Waals surface area contributed by atoms with Crippen molar-refractivity contribution in [1.29, 1.82) is 0 Å². The van der Waals surface area contributed by atoms with Gasteiger partial charge in [-0.1, -0.05) is 24.3 Å². The maximum Gasteiger partial charge on any atom is 0 e. The predicted molar refractivity (Wildman–Crippen MR) is 44.9 cm³/mol. The molecule has 0 atom stereocenters. The van der Waals surface area contributed by atoms with Gasteiger partial charge in [0.1, 0.15) is 0 Å². The molecule has 2 heteroatoms. The first kappa shape index (κ1) is 17.1. The zero-order valence-electron chi connectivity index (χ0n) is 6.82. The third-order valence-corrected chi connectivity index (χ3v) is 1.15. The van der Waals surface area contributed by atoms with Crippen molar-refractivity contribution in [2.24, 2.45) is 5.92 Å². The maximum absolute atomic E-state index is 9.77. The summed E-state index contributed by atoms with van der Waals surface area (Å²) in [5.74, 6) is 0.326. The normalized spacial score (nSPS) is 12.7. The molecule has 0 aliphatic heterocycles. The van der Waals surface area contributed by atoms with Gasteiger partial charge in [-0.05, 0) is 5.92 Å². The van der Waals surface area contributed by atoms with E-state index in [1.165, 1.54) is 0 Å². The molecular weight excluding hydrogens is 319 g/mol. The van der Waals surface area contributed by atoms with Crippen molar-refractivity contribution in [3.05, 3.63) is 39.2 Å². The van der Waals surface area contributed by atoms with Crippen LogP contribution >= 0.6 is 0 Å². The average molecular weight is 332 g/mol. The Morgan fingerprint density at radius 2 is 1.64 bits per heavy atom. The second-order valence-corrected chi connectivity index (χ2v) is 1.78. The Balaban J connectivity index is -0.000000213. The molecule has 0 heterocycles. The van der Waals surface area contributed by atoms with Crippen molar-refractivity contribution in [2.75, 3.05) is 0 Å². The second kappa shape index (κ2) is 9.84. The van der Waals surface area contributed by atoms with Crippen molar-refractivity contribution < 1.29 is 25.9 Å². The Morgan fingerprint density at radius 1 is 1.18 bits per heavy atom. The number of allylic oxidation sites excluding steroid dienone is 4. The first-order valence-corrected chi connectivity index (χ1v) is 2.63. The van der Waals surface area contributed by atoms with E-state index in [2.05, 4.69) is 0 Å². The molecule has 0 radical (unpaired) electrons. The molecule has 0 unspecified atom stereocenters. The van der Waals surface area contributed by atoms with E-state index in [4.69, 9.17) is 0 Å². The molecule has 0 spiro atoms. The van der Waals surface area contributed by atoms with Gasteiger partial charge in [-0.2, -0.15) is 0 Å². The number of rotatable bonds is 2. The first-order chi connectivity index (χ1) is 3.93. The van der Waals surface area contributed by atoms with Gasteiger partial charge in [0.05, 0.1) is 0 Å². The summed E-state index contributed by atoms with van der Waals surface area (Å²) >= 11 is 0. The summed E-state index contributed by atoms with van der Waals surface area (Å²) in [7, 11) is 0. The summed E-state index contributed by atoms with van der Waals surface area (Å²) in [4.78, 5) is 9.77. The van der Waals surface area contributed by atoms with E-state index in [1.807, 2.05) is 30.6 Å². The monoisotopic (exact) mass is 332 g/mol. The molecule has 0 aromatic carbocycles. The van der Waals surface area contributed by atoms with Crippen LogP contribution in [0.2, 0.25) is 0 Å². The van der Waals surface area contributed by atoms with Crippen LogP contribution in [-0.4, -0.2) is 6.29 Å². The van der Waals surface area contributed by atoms with Crippen molar-refractivity contribution in [3.8, 4) is 0 Å². The molecule has 0 N–H and O–H groups in total. The van der Waals surface area contributed by atoms with E-state index in [9.17, 15) is 4.79 Å². The smallest absolute Gasteiger partial charge is 0 e. The van der Waals surface area contributed by atoms with Crippen LogP contribution in [0.4, 0.5) is 0 Å². The van der Waals surface area contributed by atoms with Crippen LogP contribution in [-0.2, 0) is 25.9 Å². The van der Waals surface area contributed by atoms with Crippen LogP contribution in [0.25, 0.3) is 0 Å². The Morgan fingerprint density at radius 3 is 2.00 bits per heavy atom. The second-order valence-electron chi connectivity index (χ2n) is 1.78. The van der Waals surface area contributed by atoms with Crippen LogP contribution < -0.4 is 0 Å². The molecule has 0 aromatic rings. The zero-order valence-corrected chi connectivity index (χ0v) is 9.09. The standard InChI is InChI=1S/C7H7O.2CH3.Pt/c8-6-5-7-3-1-2-4-7;;;/h1-4,7H,5H2;2*1H3;/q3*-1;. The van der Waals surface area contributed by atoms with Crippen LogP contribution in [0, 0.1) is 20.8 Å². The van der Waals surface area contributed by atoms with Crippen LogP contribution in [0.15, 0.2) is 24.3 Å². The van der Waals surface area contributed by atoms with E-state index in [0.717, 1.165) is 0 Å². The van der Waals surface area contributed by atoms with Gasteiger partial charge in [-0.3, -0.25) is 6.29 Å². The summed E-state index contributed by atoms with van der Waals surface area (Å²) in [6.07, 6.45) is 10.2. The molecule has 0 fully saturated rings. The minimum atomic E-state index is 0. The van der Waals surface area contributed by atoms with Gasteiger partial charge in [-0.15, -0.1) is 6.42 Å². The summed E-state index contributed by atoms with van der Waals surface area (Å²) < 4.78 is 0. The van der Waals surface area contributed by atoms with Crippen molar-refractivity contribution in [3.63, 3.8) is 0 Å². The van der Waals surface area contributed by atoms with Crippen molar-refractivity contribution in [1.82, 2.24) is 0 Å². The quantitative estimate of drug-likeness (QED) is 0.708. The minimum Gasteiger partial charge on any atom is -0.542 e. The molecule has 1 nitrogen and oxygen atoms in total. The summed E-state index contributed by atoms with van der Waals surface area (Å²) in [5.41, 5.74) is 0. The van der Waals surface area contributed by atoms with Crippen LogP contribution in [0.1, 0.15) is 6.42 Å². The fourth-order valence-electron chi connectivity index (χ4n) is 0.710. The molecule has 1 aliphatic rings. The molecule has 68 valence electrons. The van der Waals surface area contributed by atoms with Gasteiger partial charge < -0.3 is 19.6 Å². The fraction of sp³-hybridized carbons (Fsp3) is 0.222. The summed E-state index contributed by atoms with van der Waals surface area (Å²) in [5, 5.41) is 0. The molecule has 1 aliphatic carbocycles. The average Bonchev–Trinajstić information content (AvgIpc) is 2.19. The minimum absolute atomic E-state index is 0. The topological polar surface area (TPSA) is 17.1 Å². The van der Waals surface area contributed by atoms with E-state index < -0.39 is 0 Å². The third kappa shape index (κ3) is 6.24. The Hall–Kier alpha value is -0.162. The van der Waals surface area contributed by atoms with Crippen LogP contribution in [0.3, 0.4) is 0 Å². The largest absolute Gasteiger partial charge is 0.542 e. The SMILES string of the molecule is O=[C-]CC1C=CC=C1.[CH3-].[CH3-].[Pt]. The van der Waals surface area contributed by atoms with Gasteiger partial charge >= 0.3 is 0 Å². The van der Waals surface area contributed by atoms with Crippen molar-refractivity contribution in [2.45, 2.75) is 6.42 Å². The molecule has 0 saturated carbocycles. The Kier molecular flexibility index (Phi) is 15.3. The van der Waals surface area contributed by atoms with Gasteiger partial charge in [0.2, 0.25) is 0 Å². The number of hydrogen-bond acceptors (Lipinski definition) is 1. The summed E-state index contributed by atoms with van der Waals surface area (Å²) in [6.45, 7) is 0. The number of carbonyl (C=O) groups excluding carboxylic acids is 1. The Labute approximate surface area is 83.8 Å². The fourth-order valence-corrected chi connectivity index (χ4v) is 0.710. The molecule has 0 aromatic heterocycles. The van der Waals surface area contributed by atoms with E-state index in [1.54, 1.807) is 0 Å². The molecule has 11 heavy (non-hydrogen) atoms. The maximum atomic E-state index is 9.77. The zero-order chi connectivity index (χ0) is 5.82. The molecule has 0 bridgehead atoms. The van der Waals surface area contributed by atoms with Crippen LogP contribution in [0.5, 0.6) is 0 Å². The van der Waals surface area contributed by atoms with E-state index in [-0.39, 0.29) is 35.9 Å². The predicted octanol–water partition coefficient (Wildman–Crippen LogP) is 2.13. The van der Waals surface area contributed by atoms with Crippen molar-refractivity contribution >= 4 is 6.29 Å². The van der Waals surface area contributed by atoms with Gasteiger partial charge in [0.15, 0.2) is 0 Å². The van der Waals surface area contributed by atoms with Gasteiger partial charge in [0, 0.05) is 21.1 Å². The number of hydrogen-bond donors (Lipinski definition) is 0. The summed E-state index contributed by atoms with van der Waals surface area (Å²) in [6, 6.07) is 0. The molecular formula is C9H13OPt-3. The van der Waals surface area contributed by atoms with Gasteiger partial charge in [0.25, 0.3) is 0 Å².